The zero-order chi connectivity index (χ0) is 14.6. The van der Waals surface area contributed by atoms with Crippen molar-refractivity contribution in [2.45, 2.75) is 12.2 Å². The Morgan fingerprint density at radius 2 is 1.90 bits per heavy atom. The summed E-state index contributed by atoms with van der Waals surface area (Å²) in [6.07, 6.45) is 0.791. The number of nitro benzene ring substituents is 1. The van der Waals surface area contributed by atoms with Crippen LogP contribution in [-0.2, 0) is 15.8 Å². The molecule has 1 aliphatic rings. The Kier molecular flexibility index (Phi) is 4.69. The summed E-state index contributed by atoms with van der Waals surface area (Å²) in [6.45, 7) is 2.46. The third-order valence-electron chi connectivity index (χ3n) is 3.19. The first-order valence-corrected chi connectivity index (χ1v) is 8.02. The summed E-state index contributed by atoms with van der Waals surface area (Å²) in [5.41, 5.74) is 0.526. The molecule has 0 aromatic heterocycles. The number of nitrogens with one attached hydrogen (secondary N) is 1. The van der Waals surface area contributed by atoms with Gasteiger partial charge in [-0.05, 0) is 18.5 Å². The van der Waals surface area contributed by atoms with Gasteiger partial charge in [0.2, 0.25) is 10.0 Å². The van der Waals surface area contributed by atoms with E-state index >= 15 is 0 Å². The first-order valence-electron chi connectivity index (χ1n) is 6.41. The zero-order valence-electron chi connectivity index (χ0n) is 11.0. The molecule has 2 rings (SSSR count). The highest BCUT2D eigenvalue weighted by atomic mass is 32.2. The highest BCUT2D eigenvalue weighted by molar-refractivity contribution is 7.88. The van der Waals surface area contributed by atoms with E-state index in [4.69, 9.17) is 0 Å². The van der Waals surface area contributed by atoms with Gasteiger partial charge in [-0.1, -0.05) is 12.1 Å². The molecular formula is C12H17N3O4S. The molecule has 1 aromatic rings. The molecule has 1 heterocycles. The molecule has 1 saturated heterocycles. The summed E-state index contributed by atoms with van der Waals surface area (Å²) in [4.78, 5) is 10.1. The molecule has 0 aliphatic carbocycles. The number of nitrogens with zero attached hydrogens (tertiary/aromatic N) is 2. The van der Waals surface area contributed by atoms with Crippen LogP contribution in [0.25, 0.3) is 0 Å². The molecule has 1 N–H and O–H groups in total. The fourth-order valence-corrected chi connectivity index (χ4v) is 3.69. The molecule has 0 unspecified atom stereocenters. The summed E-state index contributed by atoms with van der Waals surface area (Å²) in [6, 6.07) is 5.64. The van der Waals surface area contributed by atoms with Gasteiger partial charge in [0.1, 0.15) is 0 Å². The second kappa shape index (κ2) is 6.29. The van der Waals surface area contributed by atoms with Gasteiger partial charge in [-0.3, -0.25) is 10.1 Å². The lowest BCUT2D eigenvalue weighted by atomic mass is 10.2. The van der Waals surface area contributed by atoms with Gasteiger partial charge >= 0.3 is 0 Å². The maximum atomic E-state index is 12.3. The average molecular weight is 299 g/mol. The van der Waals surface area contributed by atoms with Crippen LogP contribution in [0.1, 0.15) is 12.0 Å². The van der Waals surface area contributed by atoms with Crippen LogP contribution in [0.3, 0.4) is 0 Å². The normalized spacial score (nSPS) is 17.6. The Balaban J connectivity index is 2.08. The number of rotatable bonds is 4. The molecule has 1 aromatic carbocycles. The third-order valence-corrected chi connectivity index (χ3v) is 5.04. The maximum Gasteiger partial charge on any atom is 0.269 e. The first kappa shape index (κ1) is 14.9. The molecule has 0 radical (unpaired) electrons. The lowest BCUT2D eigenvalue weighted by molar-refractivity contribution is -0.384. The van der Waals surface area contributed by atoms with Gasteiger partial charge < -0.3 is 5.32 Å². The van der Waals surface area contributed by atoms with Gasteiger partial charge in [0.25, 0.3) is 5.69 Å². The summed E-state index contributed by atoms with van der Waals surface area (Å²) >= 11 is 0. The monoisotopic (exact) mass is 299 g/mol. The molecule has 0 saturated carbocycles. The van der Waals surface area contributed by atoms with Crippen LogP contribution in [-0.4, -0.2) is 43.8 Å². The fourth-order valence-electron chi connectivity index (χ4n) is 2.11. The minimum atomic E-state index is -3.37. The average Bonchev–Trinajstić information content (AvgIpc) is 2.68. The van der Waals surface area contributed by atoms with E-state index in [-0.39, 0.29) is 11.4 Å². The van der Waals surface area contributed by atoms with Crippen molar-refractivity contribution < 1.29 is 13.3 Å². The molecular weight excluding hydrogens is 282 g/mol. The van der Waals surface area contributed by atoms with Crippen LogP contribution < -0.4 is 5.32 Å². The highest BCUT2D eigenvalue weighted by Gasteiger charge is 2.23. The van der Waals surface area contributed by atoms with E-state index in [1.807, 2.05) is 0 Å². The van der Waals surface area contributed by atoms with Crippen molar-refractivity contribution in [3.63, 3.8) is 0 Å². The van der Waals surface area contributed by atoms with Crippen molar-refractivity contribution in [1.29, 1.82) is 0 Å². The molecule has 7 nitrogen and oxygen atoms in total. The molecule has 1 aliphatic heterocycles. The van der Waals surface area contributed by atoms with Gasteiger partial charge in [-0.25, -0.2) is 12.7 Å². The largest absolute Gasteiger partial charge is 0.315 e. The Bertz CT molecular complexity index is 563. The van der Waals surface area contributed by atoms with Crippen LogP contribution in [0.2, 0.25) is 0 Å². The predicted molar refractivity (Wildman–Crippen MR) is 74.8 cm³/mol. The molecule has 0 spiro atoms. The van der Waals surface area contributed by atoms with E-state index in [9.17, 15) is 18.5 Å². The minimum absolute atomic E-state index is 0.0369. The second-order valence-electron chi connectivity index (χ2n) is 4.68. The van der Waals surface area contributed by atoms with Crippen molar-refractivity contribution in [3.05, 3.63) is 39.9 Å². The standard InChI is InChI=1S/C12H17N3O4S/c16-15(17)12-4-2-11(3-5-12)10-20(18,19)14-8-1-6-13-7-9-14/h2-5,13H,1,6-10H2. The van der Waals surface area contributed by atoms with Gasteiger partial charge in [0.15, 0.2) is 0 Å². The second-order valence-corrected chi connectivity index (χ2v) is 6.65. The van der Waals surface area contributed by atoms with E-state index in [1.165, 1.54) is 28.6 Å². The maximum absolute atomic E-state index is 12.3. The topological polar surface area (TPSA) is 92.5 Å². The van der Waals surface area contributed by atoms with Gasteiger partial charge in [0, 0.05) is 31.8 Å². The third kappa shape index (κ3) is 3.75. The van der Waals surface area contributed by atoms with Crippen LogP contribution in [0.5, 0.6) is 0 Å². The first-order chi connectivity index (χ1) is 9.49. The molecule has 0 bridgehead atoms. The summed E-state index contributed by atoms with van der Waals surface area (Å²) < 4.78 is 26.1. The molecule has 110 valence electrons. The predicted octanol–water partition coefficient (Wildman–Crippen LogP) is 0.720. The van der Waals surface area contributed by atoms with Gasteiger partial charge in [-0.15, -0.1) is 0 Å². The fraction of sp³-hybridized carbons (Fsp3) is 0.500. The van der Waals surface area contributed by atoms with Crippen LogP contribution in [0, 0.1) is 10.1 Å². The van der Waals surface area contributed by atoms with Crippen LogP contribution >= 0.6 is 0 Å². The lowest BCUT2D eigenvalue weighted by Crippen LogP contribution is -2.35. The summed E-state index contributed by atoms with van der Waals surface area (Å²) in [5.74, 6) is -0.120. The SMILES string of the molecule is O=[N+]([O-])c1ccc(CS(=O)(=O)N2CCCNCC2)cc1. The van der Waals surface area contributed by atoms with Crippen LogP contribution in [0.15, 0.2) is 24.3 Å². The van der Waals surface area contributed by atoms with Crippen LogP contribution in [0.4, 0.5) is 5.69 Å². The number of hydrogen-bond donors (Lipinski definition) is 1. The molecule has 0 atom stereocenters. The van der Waals surface area contributed by atoms with E-state index in [0.29, 0.717) is 25.2 Å². The van der Waals surface area contributed by atoms with Gasteiger partial charge in [-0.2, -0.15) is 0 Å². The van der Waals surface area contributed by atoms with E-state index in [2.05, 4.69) is 5.32 Å². The van der Waals surface area contributed by atoms with E-state index in [1.54, 1.807) is 0 Å². The number of sulfonamides is 1. The lowest BCUT2D eigenvalue weighted by Gasteiger charge is -2.19. The van der Waals surface area contributed by atoms with Crippen molar-refractivity contribution in [2.75, 3.05) is 26.2 Å². The molecule has 1 fully saturated rings. The quantitative estimate of drug-likeness (QED) is 0.653. The van der Waals surface area contributed by atoms with Crippen molar-refractivity contribution in [3.8, 4) is 0 Å². The number of non-ortho nitro benzene ring substituents is 1. The zero-order valence-corrected chi connectivity index (χ0v) is 11.8. The van der Waals surface area contributed by atoms with E-state index < -0.39 is 14.9 Å². The smallest absolute Gasteiger partial charge is 0.269 e. The Labute approximate surface area is 117 Å². The van der Waals surface area contributed by atoms with Gasteiger partial charge in [0.05, 0.1) is 10.7 Å². The van der Waals surface area contributed by atoms with Crippen molar-refractivity contribution in [2.24, 2.45) is 0 Å². The number of hydrogen-bond acceptors (Lipinski definition) is 5. The molecule has 8 heteroatoms. The van der Waals surface area contributed by atoms with Crippen molar-refractivity contribution >= 4 is 15.7 Å². The number of benzene rings is 1. The van der Waals surface area contributed by atoms with E-state index in [0.717, 1.165) is 13.0 Å². The molecule has 0 amide bonds. The molecule has 20 heavy (non-hydrogen) atoms. The van der Waals surface area contributed by atoms with Crippen molar-refractivity contribution in [1.82, 2.24) is 9.62 Å². The highest BCUT2D eigenvalue weighted by Crippen LogP contribution is 2.16. The minimum Gasteiger partial charge on any atom is -0.315 e. The number of nitro groups is 1. The summed E-state index contributed by atoms with van der Waals surface area (Å²) in [7, 11) is -3.37. The Morgan fingerprint density at radius 3 is 2.55 bits per heavy atom. The Hall–Kier alpha value is -1.51. The summed E-state index contributed by atoms with van der Waals surface area (Å²) in [5, 5.41) is 13.7. The Morgan fingerprint density at radius 1 is 1.20 bits per heavy atom.